The number of aryl methyl sites for hydroxylation is 1. The van der Waals surface area contributed by atoms with Crippen LogP contribution in [-0.4, -0.2) is 19.7 Å². The van der Waals surface area contributed by atoms with Crippen LogP contribution in [-0.2, 0) is 9.84 Å². The van der Waals surface area contributed by atoms with E-state index >= 15 is 0 Å². The van der Waals surface area contributed by atoms with Gasteiger partial charge in [-0.25, -0.2) is 13.4 Å². The first-order chi connectivity index (χ1) is 9.97. The quantitative estimate of drug-likeness (QED) is 0.726. The van der Waals surface area contributed by atoms with Crippen LogP contribution >= 0.6 is 0 Å². The van der Waals surface area contributed by atoms with E-state index in [1.54, 1.807) is 18.2 Å². The van der Waals surface area contributed by atoms with Gasteiger partial charge in [-0.1, -0.05) is 36.4 Å². The fourth-order valence-electron chi connectivity index (χ4n) is 2.48. The molecule has 0 unspecified atom stereocenters. The van der Waals surface area contributed by atoms with E-state index in [4.69, 9.17) is 0 Å². The number of fused-ring (bicyclic) bond motifs is 1. The Hall–Kier alpha value is -2.20. The number of pyridine rings is 1. The molecule has 0 atom stereocenters. The summed E-state index contributed by atoms with van der Waals surface area (Å²) in [4.78, 5) is 4.97. The van der Waals surface area contributed by atoms with Crippen molar-refractivity contribution in [2.45, 2.75) is 11.8 Å². The minimum atomic E-state index is -3.29. The lowest BCUT2D eigenvalue weighted by molar-refractivity contribution is 0.602. The number of benzene rings is 2. The maximum atomic E-state index is 12.0. The molecule has 0 aliphatic heterocycles. The maximum Gasteiger partial charge on any atom is 0.176 e. The topological polar surface area (TPSA) is 47.0 Å². The first kappa shape index (κ1) is 13.8. The molecule has 106 valence electrons. The van der Waals surface area contributed by atoms with Gasteiger partial charge >= 0.3 is 0 Å². The monoisotopic (exact) mass is 297 g/mol. The Morgan fingerprint density at radius 3 is 2.38 bits per heavy atom. The molecule has 3 nitrogen and oxygen atoms in total. The molecule has 0 saturated carbocycles. The van der Waals surface area contributed by atoms with Crippen molar-refractivity contribution < 1.29 is 8.42 Å². The molecule has 0 saturated heterocycles. The van der Waals surface area contributed by atoms with Gasteiger partial charge in [0.05, 0.1) is 16.1 Å². The molecule has 3 rings (SSSR count). The van der Waals surface area contributed by atoms with Crippen molar-refractivity contribution in [1.29, 1.82) is 0 Å². The predicted molar refractivity (Wildman–Crippen MR) is 85.0 cm³/mol. The second-order valence-electron chi connectivity index (χ2n) is 5.11. The summed E-state index contributed by atoms with van der Waals surface area (Å²) in [5, 5.41) is 1.05. The Kier molecular flexibility index (Phi) is 3.26. The van der Waals surface area contributed by atoms with Crippen molar-refractivity contribution in [2.24, 2.45) is 0 Å². The van der Waals surface area contributed by atoms with Crippen LogP contribution < -0.4 is 0 Å². The first-order valence-corrected chi connectivity index (χ1v) is 8.52. The number of hydrogen-bond acceptors (Lipinski definition) is 3. The van der Waals surface area contributed by atoms with E-state index < -0.39 is 9.84 Å². The fraction of sp³-hybridized carbons (Fsp3) is 0.118. The Bertz CT molecular complexity index is 930. The molecule has 0 amide bonds. The van der Waals surface area contributed by atoms with Gasteiger partial charge in [-0.3, -0.25) is 0 Å². The third-order valence-corrected chi connectivity index (χ3v) is 4.61. The predicted octanol–water partition coefficient (Wildman–Crippen LogP) is 3.61. The van der Waals surface area contributed by atoms with Crippen LogP contribution in [0.4, 0.5) is 0 Å². The highest BCUT2D eigenvalue weighted by molar-refractivity contribution is 7.90. The van der Waals surface area contributed by atoms with Crippen LogP contribution in [0.3, 0.4) is 0 Å². The Balaban J connectivity index is 2.34. The normalized spacial score (nSPS) is 11.7. The molecule has 3 aromatic rings. The molecule has 2 aromatic carbocycles. The summed E-state index contributed by atoms with van der Waals surface area (Å²) in [6.45, 7) is 1.95. The number of nitrogens with zero attached hydrogens (tertiary/aromatic N) is 1. The van der Waals surface area contributed by atoms with Gasteiger partial charge in [0.2, 0.25) is 0 Å². The number of para-hydroxylation sites is 1. The first-order valence-electron chi connectivity index (χ1n) is 6.62. The van der Waals surface area contributed by atoms with Crippen molar-refractivity contribution >= 4 is 20.7 Å². The van der Waals surface area contributed by atoms with Gasteiger partial charge in [0.25, 0.3) is 0 Å². The molecule has 1 heterocycles. The van der Waals surface area contributed by atoms with Gasteiger partial charge in [-0.15, -0.1) is 0 Å². The van der Waals surface area contributed by atoms with Gasteiger partial charge in [-0.05, 0) is 30.7 Å². The summed E-state index contributed by atoms with van der Waals surface area (Å²) in [5.74, 6) is 0. The van der Waals surface area contributed by atoms with Crippen LogP contribution in [0.25, 0.3) is 22.2 Å². The van der Waals surface area contributed by atoms with Crippen LogP contribution in [0.5, 0.6) is 0 Å². The van der Waals surface area contributed by atoms with E-state index in [1.165, 1.54) is 6.26 Å². The summed E-state index contributed by atoms with van der Waals surface area (Å²) < 4.78 is 23.9. The lowest BCUT2D eigenvalue weighted by atomic mass is 10.0. The fourth-order valence-corrected chi connectivity index (χ4v) is 3.37. The SMILES string of the molecule is Cc1cc2ccccc2nc1-c1ccccc1S(C)(=O)=O. The third-order valence-electron chi connectivity index (χ3n) is 3.46. The summed E-state index contributed by atoms with van der Waals surface area (Å²) in [6, 6.07) is 16.9. The largest absolute Gasteiger partial charge is 0.247 e. The van der Waals surface area contributed by atoms with Crippen molar-refractivity contribution in [2.75, 3.05) is 6.26 Å². The van der Waals surface area contributed by atoms with Crippen molar-refractivity contribution in [3.05, 3.63) is 60.2 Å². The third kappa shape index (κ3) is 2.54. The van der Waals surface area contributed by atoms with E-state index in [9.17, 15) is 8.42 Å². The standard InChI is InChI=1S/C17H15NO2S/c1-12-11-13-7-3-5-9-15(13)18-17(12)14-8-4-6-10-16(14)21(2,19)20/h3-11H,1-2H3. The average molecular weight is 297 g/mol. The second-order valence-corrected chi connectivity index (χ2v) is 7.10. The molecule has 21 heavy (non-hydrogen) atoms. The number of aromatic nitrogens is 1. The number of rotatable bonds is 2. The molecule has 1 aromatic heterocycles. The summed E-state index contributed by atoms with van der Waals surface area (Å²) in [7, 11) is -3.29. The molecule has 0 N–H and O–H groups in total. The second kappa shape index (κ2) is 4.97. The molecule has 0 aliphatic carbocycles. The van der Waals surface area contributed by atoms with Gasteiger partial charge in [0.15, 0.2) is 9.84 Å². The zero-order chi connectivity index (χ0) is 15.0. The summed E-state index contributed by atoms with van der Waals surface area (Å²) in [5.41, 5.74) is 3.20. The highest BCUT2D eigenvalue weighted by atomic mass is 32.2. The van der Waals surface area contributed by atoms with E-state index in [1.807, 2.05) is 43.3 Å². The Morgan fingerprint density at radius 2 is 1.62 bits per heavy atom. The van der Waals surface area contributed by atoms with Crippen molar-refractivity contribution in [3.8, 4) is 11.3 Å². The molecule has 0 aliphatic rings. The van der Waals surface area contributed by atoms with Crippen LogP contribution in [0.15, 0.2) is 59.5 Å². The number of sulfone groups is 1. The minimum Gasteiger partial charge on any atom is -0.247 e. The van der Waals surface area contributed by atoms with Crippen LogP contribution in [0.1, 0.15) is 5.56 Å². The van der Waals surface area contributed by atoms with E-state index in [0.717, 1.165) is 22.2 Å². The summed E-state index contributed by atoms with van der Waals surface area (Å²) in [6.07, 6.45) is 1.22. The number of hydrogen-bond donors (Lipinski definition) is 0. The molecular formula is C17H15NO2S. The lowest BCUT2D eigenvalue weighted by Gasteiger charge is -2.11. The minimum absolute atomic E-state index is 0.316. The molecule has 0 fully saturated rings. The van der Waals surface area contributed by atoms with Crippen LogP contribution in [0.2, 0.25) is 0 Å². The Labute approximate surface area is 124 Å². The van der Waals surface area contributed by atoms with Gasteiger partial charge < -0.3 is 0 Å². The highest BCUT2D eigenvalue weighted by Crippen LogP contribution is 2.30. The van der Waals surface area contributed by atoms with Gasteiger partial charge in [0.1, 0.15) is 0 Å². The van der Waals surface area contributed by atoms with Crippen molar-refractivity contribution in [1.82, 2.24) is 4.98 Å². The van der Waals surface area contributed by atoms with Crippen LogP contribution in [0, 0.1) is 6.92 Å². The molecular weight excluding hydrogens is 282 g/mol. The zero-order valence-electron chi connectivity index (χ0n) is 11.9. The maximum absolute atomic E-state index is 12.0. The van der Waals surface area contributed by atoms with E-state index in [2.05, 4.69) is 4.98 Å². The Morgan fingerprint density at radius 1 is 0.952 bits per heavy atom. The van der Waals surface area contributed by atoms with Gasteiger partial charge in [-0.2, -0.15) is 0 Å². The van der Waals surface area contributed by atoms with Gasteiger partial charge in [0, 0.05) is 17.2 Å². The molecule has 4 heteroatoms. The average Bonchev–Trinajstić information content (AvgIpc) is 2.45. The molecule has 0 radical (unpaired) electrons. The lowest BCUT2D eigenvalue weighted by Crippen LogP contribution is -2.01. The smallest absolute Gasteiger partial charge is 0.176 e. The highest BCUT2D eigenvalue weighted by Gasteiger charge is 2.16. The molecule has 0 bridgehead atoms. The summed E-state index contributed by atoms with van der Waals surface area (Å²) >= 11 is 0. The molecule has 0 spiro atoms. The van der Waals surface area contributed by atoms with E-state index in [0.29, 0.717) is 10.5 Å². The zero-order valence-corrected chi connectivity index (χ0v) is 12.7. The van der Waals surface area contributed by atoms with Crippen molar-refractivity contribution in [3.63, 3.8) is 0 Å². The van der Waals surface area contributed by atoms with E-state index in [-0.39, 0.29) is 0 Å².